The molecule has 2 aromatic heterocycles. The van der Waals surface area contributed by atoms with Crippen molar-refractivity contribution in [2.75, 3.05) is 0 Å². The van der Waals surface area contributed by atoms with Crippen LogP contribution in [-0.4, -0.2) is 9.97 Å². The number of pyridine rings is 2. The first-order valence-electron chi connectivity index (χ1n) is 6.27. The molecule has 0 aliphatic rings. The molecule has 2 N–H and O–H groups in total. The predicted molar refractivity (Wildman–Crippen MR) is 76.7 cm³/mol. The molecular formula is C16H15N3. The molecule has 3 nitrogen and oxygen atoms in total. The average molecular weight is 249 g/mol. The molecule has 0 saturated heterocycles. The van der Waals surface area contributed by atoms with Crippen LogP contribution in [0.5, 0.6) is 0 Å². The van der Waals surface area contributed by atoms with E-state index in [4.69, 9.17) is 5.73 Å². The summed E-state index contributed by atoms with van der Waals surface area (Å²) in [5.41, 5.74) is 10.3. The molecule has 0 radical (unpaired) electrons. The fraction of sp³-hybridized carbons (Fsp3) is 0.125. The third-order valence-corrected chi connectivity index (χ3v) is 3.33. The summed E-state index contributed by atoms with van der Waals surface area (Å²) in [6.07, 6.45) is 3.57. The Kier molecular flexibility index (Phi) is 2.97. The third kappa shape index (κ3) is 2.20. The Bertz CT molecular complexity index is 722. The molecule has 0 saturated carbocycles. The lowest BCUT2D eigenvalue weighted by molar-refractivity contribution is 0.819. The number of benzene rings is 1. The lowest BCUT2D eigenvalue weighted by Crippen LogP contribution is -2.14. The largest absolute Gasteiger partial charge is 0.319 e. The predicted octanol–water partition coefficient (Wildman–Crippen LogP) is 2.99. The number of hydrogen-bond donors (Lipinski definition) is 1. The average Bonchev–Trinajstić information content (AvgIpc) is 2.46. The van der Waals surface area contributed by atoms with Crippen LogP contribution in [0, 0.1) is 6.92 Å². The number of nitrogens with two attached hydrogens (primary N) is 1. The van der Waals surface area contributed by atoms with Gasteiger partial charge in [-0.1, -0.05) is 24.3 Å². The van der Waals surface area contributed by atoms with Gasteiger partial charge in [0.05, 0.1) is 17.3 Å². The minimum Gasteiger partial charge on any atom is -0.319 e. The van der Waals surface area contributed by atoms with Gasteiger partial charge in [0, 0.05) is 17.8 Å². The smallest absolute Gasteiger partial charge is 0.0729 e. The zero-order chi connectivity index (χ0) is 13.2. The molecule has 3 aromatic rings. The van der Waals surface area contributed by atoms with Gasteiger partial charge in [-0.25, -0.2) is 0 Å². The van der Waals surface area contributed by atoms with Crippen LogP contribution < -0.4 is 5.73 Å². The maximum Gasteiger partial charge on any atom is 0.0729 e. The van der Waals surface area contributed by atoms with Crippen molar-refractivity contribution in [2.24, 2.45) is 5.73 Å². The number of hydrogen-bond acceptors (Lipinski definition) is 3. The maximum atomic E-state index is 6.32. The van der Waals surface area contributed by atoms with E-state index >= 15 is 0 Å². The highest BCUT2D eigenvalue weighted by Crippen LogP contribution is 2.23. The number of fused-ring (bicyclic) bond motifs is 1. The lowest BCUT2D eigenvalue weighted by atomic mass is 9.99. The van der Waals surface area contributed by atoms with Crippen molar-refractivity contribution in [1.29, 1.82) is 0 Å². The van der Waals surface area contributed by atoms with Crippen LogP contribution in [0.1, 0.15) is 22.9 Å². The topological polar surface area (TPSA) is 51.8 Å². The van der Waals surface area contributed by atoms with E-state index in [9.17, 15) is 0 Å². The van der Waals surface area contributed by atoms with Gasteiger partial charge in [-0.05, 0) is 36.2 Å². The first-order valence-corrected chi connectivity index (χ1v) is 6.27. The van der Waals surface area contributed by atoms with Gasteiger partial charge in [-0.2, -0.15) is 0 Å². The number of nitrogens with zero attached hydrogens (tertiary/aromatic N) is 2. The van der Waals surface area contributed by atoms with Crippen LogP contribution >= 0.6 is 0 Å². The lowest BCUT2D eigenvalue weighted by Gasteiger charge is -2.14. The summed E-state index contributed by atoms with van der Waals surface area (Å²) >= 11 is 0. The number of aromatic nitrogens is 2. The van der Waals surface area contributed by atoms with Gasteiger partial charge in [0.1, 0.15) is 0 Å². The van der Waals surface area contributed by atoms with Crippen LogP contribution in [0.25, 0.3) is 10.9 Å². The van der Waals surface area contributed by atoms with Crippen molar-refractivity contribution in [3.8, 4) is 0 Å². The van der Waals surface area contributed by atoms with E-state index in [2.05, 4.69) is 16.0 Å². The Morgan fingerprint density at radius 3 is 2.63 bits per heavy atom. The van der Waals surface area contributed by atoms with E-state index in [1.807, 2.05) is 43.3 Å². The highest BCUT2D eigenvalue weighted by atomic mass is 14.8. The van der Waals surface area contributed by atoms with Crippen molar-refractivity contribution in [3.05, 3.63) is 71.7 Å². The second-order valence-corrected chi connectivity index (χ2v) is 4.64. The highest BCUT2D eigenvalue weighted by molar-refractivity contribution is 5.79. The van der Waals surface area contributed by atoms with Gasteiger partial charge < -0.3 is 5.73 Å². The van der Waals surface area contributed by atoms with Gasteiger partial charge in [0.15, 0.2) is 0 Å². The summed E-state index contributed by atoms with van der Waals surface area (Å²) in [4.78, 5) is 8.75. The second kappa shape index (κ2) is 4.78. The molecule has 1 unspecified atom stereocenters. The van der Waals surface area contributed by atoms with Crippen molar-refractivity contribution < 1.29 is 0 Å². The van der Waals surface area contributed by atoms with Crippen LogP contribution in [0.15, 0.2) is 54.9 Å². The summed E-state index contributed by atoms with van der Waals surface area (Å²) < 4.78 is 0. The normalized spacial score (nSPS) is 12.5. The first kappa shape index (κ1) is 11.8. The molecule has 1 atom stereocenters. The molecule has 0 aliphatic heterocycles. The first-order chi connectivity index (χ1) is 9.25. The summed E-state index contributed by atoms with van der Waals surface area (Å²) in [7, 11) is 0. The molecule has 2 heterocycles. The Morgan fingerprint density at radius 1 is 1.00 bits per heavy atom. The minimum absolute atomic E-state index is 0.215. The zero-order valence-corrected chi connectivity index (χ0v) is 10.7. The molecule has 19 heavy (non-hydrogen) atoms. The Balaban J connectivity index is 2.07. The van der Waals surface area contributed by atoms with Crippen LogP contribution in [0.4, 0.5) is 0 Å². The third-order valence-electron chi connectivity index (χ3n) is 3.33. The van der Waals surface area contributed by atoms with E-state index in [0.717, 1.165) is 27.7 Å². The van der Waals surface area contributed by atoms with Gasteiger partial charge in [0.2, 0.25) is 0 Å². The zero-order valence-electron chi connectivity index (χ0n) is 10.7. The van der Waals surface area contributed by atoms with Crippen molar-refractivity contribution in [3.63, 3.8) is 0 Å². The summed E-state index contributed by atoms with van der Waals surface area (Å²) in [5.74, 6) is 0. The van der Waals surface area contributed by atoms with E-state index in [-0.39, 0.29) is 6.04 Å². The van der Waals surface area contributed by atoms with Gasteiger partial charge in [-0.3, -0.25) is 9.97 Å². The second-order valence-electron chi connectivity index (χ2n) is 4.64. The molecule has 0 aliphatic carbocycles. The van der Waals surface area contributed by atoms with E-state index in [0.29, 0.717) is 0 Å². The molecule has 0 bridgehead atoms. The van der Waals surface area contributed by atoms with Crippen LogP contribution in [-0.2, 0) is 0 Å². The summed E-state index contributed by atoms with van der Waals surface area (Å²) in [6.45, 7) is 2.03. The molecule has 0 spiro atoms. The Morgan fingerprint density at radius 2 is 1.79 bits per heavy atom. The maximum absolute atomic E-state index is 6.32. The fourth-order valence-electron chi connectivity index (χ4n) is 2.26. The molecule has 3 heteroatoms. The Labute approximate surface area is 112 Å². The highest BCUT2D eigenvalue weighted by Gasteiger charge is 2.13. The Hall–Kier alpha value is -2.26. The molecule has 0 amide bonds. The van der Waals surface area contributed by atoms with Crippen LogP contribution in [0.3, 0.4) is 0 Å². The number of rotatable bonds is 2. The van der Waals surface area contributed by atoms with Crippen LogP contribution in [0.2, 0.25) is 0 Å². The van der Waals surface area contributed by atoms with Crippen molar-refractivity contribution in [2.45, 2.75) is 13.0 Å². The molecule has 1 aromatic carbocycles. The SMILES string of the molecule is Cc1cccnc1C(N)c1ccc2cccnc2c1. The standard InChI is InChI=1S/C16H15N3/c1-11-4-2-9-19-16(11)15(17)13-7-6-12-5-3-8-18-14(12)10-13/h2-10,15H,17H2,1H3. The number of aryl methyl sites for hydroxylation is 1. The molecule has 0 fully saturated rings. The van der Waals surface area contributed by atoms with E-state index in [1.54, 1.807) is 12.4 Å². The minimum atomic E-state index is -0.215. The molecule has 94 valence electrons. The van der Waals surface area contributed by atoms with E-state index in [1.165, 1.54) is 0 Å². The monoisotopic (exact) mass is 249 g/mol. The summed E-state index contributed by atoms with van der Waals surface area (Å²) in [5, 5.41) is 1.12. The van der Waals surface area contributed by atoms with Gasteiger partial charge in [-0.15, -0.1) is 0 Å². The quantitative estimate of drug-likeness (QED) is 0.759. The summed E-state index contributed by atoms with van der Waals surface area (Å²) in [6, 6.07) is 13.9. The van der Waals surface area contributed by atoms with E-state index < -0.39 is 0 Å². The van der Waals surface area contributed by atoms with Gasteiger partial charge >= 0.3 is 0 Å². The van der Waals surface area contributed by atoms with Gasteiger partial charge in [0.25, 0.3) is 0 Å². The fourth-order valence-corrected chi connectivity index (χ4v) is 2.26. The molecular weight excluding hydrogens is 234 g/mol. The van der Waals surface area contributed by atoms with Crippen molar-refractivity contribution >= 4 is 10.9 Å². The molecule has 3 rings (SSSR count). The van der Waals surface area contributed by atoms with Crippen molar-refractivity contribution in [1.82, 2.24) is 9.97 Å².